The standard InChI is InChI=1S/C20H32O3/c1-18(2,23-14-22-4)10-5-7-15-13-20(15)12-9-16-17(21)8-6-11-19(16,20)3/h5,7,15-16H,6,8-14H2,1-4H3/b7-5+/t15-,16-,19-,20-/m0/s1. The number of carbonyl (C=O) groups excluding carboxylic acids is 1. The van der Waals surface area contributed by atoms with Crippen molar-refractivity contribution < 1.29 is 14.3 Å². The lowest BCUT2D eigenvalue weighted by Gasteiger charge is -2.41. The summed E-state index contributed by atoms with van der Waals surface area (Å²) in [5, 5.41) is 0. The van der Waals surface area contributed by atoms with Gasteiger partial charge in [0.15, 0.2) is 0 Å². The zero-order valence-corrected chi connectivity index (χ0v) is 15.2. The summed E-state index contributed by atoms with van der Waals surface area (Å²) in [5.74, 6) is 1.55. The van der Waals surface area contributed by atoms with E-state index in [-0.39, 0.29) is 11.0 Å². The molecule has 0 unspecified atom stereocenters. The maximum Gasteiger partial charge on any atom is 0.147 e. The van der Waals surface area contributed by atoms with E-state index in [0.29, 0.717) is 29.8 Å². The Hall–Kier alpha value is -0.670. The van der Waals surface area contributed by atoms with Gasteiger partial charge in [0.2, 0.25) is 0 Å². The number of allylic oxidation sites excluding steroid dienone is 1. The minimum Gasteiger partial charge on any atom is -0.359 e. The summed E-state index contributed by atoms with van der Waals surface area (Å²) in [6.07, 6.45) is 12.4. The highest BCUT2D eigenvalue weighted by molar-refractivity contribution is 5.83. The van der Waals surface area contributed by atoms with Crippen LogP contribution in [0.1, 0.15) is 65.7 Å². The van der Waals surface area contributed by atoms with E-state index in [2.05, 4.69) is 32.9 Å². The molecule has 130 valence electrons. The maximum atomic E-state index is 12.3. The second-order valence-electron chi connectivity index (χ2n) is 8.74. The third-order valence-electron chi connectivity index (χ3n) is 6.97. The van der Waals surface area contributed by atoms with Crippen molar-refractivity contribution in [1.82, 2.24) is 0 Å². The van der Waals surface area contributed by atoms with Gasteiger partial charge in [-0.1, -0.05) is 19.1 Å². The SMILES string of the molecule is COCOC(C)(C)C/C=C/[C@H]1C[C@@]12CC[C@H]1C(=O)CCC[C@@]12C. The van der Waals surface area contributed by atoms with Gasteiger partial charge < -0.3 is 9.47 Å². The molecule has 0 aromatic heterocycles. The van der Waals surface area contributed by atoms with Gasteiger partial charge in [0.25, 0.3) is 0 Å². The third-order valence-corrected chi connectivity index (χ3v) is 6.97. The minimum atomic E-state index is -0.183. The van der Waals surface area contributed by atoms with Crippen molar-refractivity contribution in [2.45, 2.75) is 71.3 Å². The number of hydrogen-bond acceptors (Lipinski definition) is 3. The summed E-state index contributed by atoms with van der Waals surface area (Å²) in [4.78, 5) is 12.3. The second-order valence-corrected chi connectivity index (χ2v) is 8.74. The molecule has 0 saturated heterocycles. The first kappa shape index (κ1) is 17.2. The predicted octanol–water partition coefficient (Wildman–Crippen LogP) is 4.51. The highest BCUT2D eigenvalue weighted by Crippen LogP contribution is 2.75. The number of ether oxygens (including phenoxy) is 2. The first-order valence-electron chi connectivity index (χ1n) is 9.17. The molecule has 3 rings (SSSR count). The first-order chi connectivity index (χ1) is 10.8. The summed E-state index contributed by atoms with van der Waals surface area (Å²) >= 11 is 0. The Morgan fingerprint density at radius 1 is 1.35 bits per heavy atom. The van der Waals surface area contributed by atoms with E-state index in [4.69, 9.17) is 9.47 Å². The Kier molecular flexibility index (Phi) is 4.48. The van der Waals surface area contributed by atoms with Gasteiger partial charge in [-0.05, 0) is 69.1 Å². The van der Waals surface area contributed by atoms with E-state index in [1.165, 1.54) is 19.3 Å². The molecule has 23 heavy (non-hydrogen) atoms. The zero-order chi connectivity index (χ0) is 16.7. The summed E-state index contributed by atoms with van der Waals surface area (Å²) in [6, 6.07) is 0. The van der Waals surface area contributed by atoms with E-state index in [0.717, 1.165) is 25.7 Å². The average Bonchev–Trinajstić information content (AvgIpc) is 3.11. The largest absolute Gasteiger partial charge is 0.359 e. The predicted molar refractivity (Wildman–Crippen MR) is 91.0 cm³/mol. The molecular weight excluding hydrogens is 288 g/mol. The highest BCUT2D eigenvalue weighted by Gasteiger charge is 2.69. The van der Waals surface area contributed by atoms with Crippen molar-refractivity contribution in [3.05, 3.63) is 12.2 Å². The highest BCUT2D eigenvalue weighted by atomic mass is 16.7. The van der Waals surface area contributed by atoms with Gasteiger partial charge in [0, 0.05) is 19.4 Å². The van der Waals surface area contributed by atoms with Crippen LogP contribution in [0.2, 0.25) is 0 Å². The topological polar surface area (TPSA) is 35.5 Å². The molecule has 0 aromatic rings. The molecule has 3 aliphatic carbocycles. The fourth-order valence-corrected chi connectivity index (χ4v) is 5.42. The van der Waals surface area contributed by atoms with Crippen LogP contribution in [0.3, 0.4) is 0 Å². The monoisotopic (exact) mass is 320 g/mol. The normalized spacial score (nSPS) is 40.1. The first-order valence-corrected chi connectivity index (χ1v) is 9.17. The van der Waals surface area contributed by atoms with Gasteiger partial charge in [-0.3, -0.25) is 4.79 Å². The number of Topliss-reactive ketones (excluding diaryl/α,β-unsaturated/α-hetero) is 1. The molecule has 3 heteroatoms. The molecule has 0 bridgehead atoms. The number of carbonyl (C=O) groups is 1. The molecule has 3 aliphatic rings. The summed E-state index contributed by atoms with van der Waals surface area (Å²) in [6.45, 7) is 6.95. The van der Waals surface area contributed by atoms with Gasteiger partial charge in [0.1, 0.15) is 12.6 Å². The summed E-state index contributed by atoms with van der Waals surface area (Å²) < 4.78 is 10.7. The van der Waals surface area contributed by atoms with Crippen LogP contribution in [0.15, 0.2) is 12.2 Å². The third kappa shape index (κ3) is 2.91. The van der Waals surface area contributed by atoms with Crippen molar-refractivity contribution in [2.24, 2.45) is 22.7 Å². The van der Waals surface area contributed by atoms with E-state index in [1.54, 1.807) is 7.11 Å². The van der Waals surface area contributed by atoms with Gasteiger partial charge in [-0.25, -0.2) is 0 Å². The van der Waals surface area contributed by atoms with E-state index < -0.39 is 0 Å². The summed E-state index contributed by atoms with van der Waals surface area (Å²) in [7, 11) is 1.66. The van der Waals surface area contributed by atoms with Crippen molar-refractivity contribution in [2.75, 3.05) is 13.9 Å². The number of fused-ring (bicyclic) bond motifs is 2. The van der Waals surface area contributed by atoms with Crippen LogP contribution >= 0.6 is 0 Å². The van der Waals surface area contributed by atoms with E-state index in [9.17, 15) is 4.79 Å². The molecule has 0 aromatic carbocycles. The van der Waals surface area contributed by atoms with Crippen LogP contribution in [0.4, 0.5) is 0 Å². The van der Waals surface area contributed by atoms with Crippen LogP contribution in [-0.2, 0) is 14.3 Å². The van der Waals surface area contributed by atoms with E-state index in [1.807, 2.05) is 0 Å². The molecule has 3 fully saturated rings. The molecule has 3 saturated carbocycles. The molecular formula is C20H32O3. The lowest BCUT2D eigenvalue weighted by atomic mass is 9.62. The Morgan fingerprint density at radius 3 is 2.87 bits per heavy atom. The van der Waals surface area contributed by atoms with Crippen LogP contribution in [0.5, 0.6) is 0 Å². The number of rotatable bonds is 6. The average molecular weight is 320 g/mol. The molecule has 4 atom stereocenters. The Morgan fingerprint density at radius 2 is 2.13 bits per heavy atom. The van der Waals surface area contributed by atoms with Crippen molar-refractivity contribution in [3.63, 3.8) is 0 Å². The molecule has 0 heterocycles. The maximum absolute atomic E-state index is 12.3. The lowest BCUT2D eigenvalue weighted by molar-refractivity contribution is -0.130. The van der Waals surface area contributed by atoms with Crippen molar-refractivity contribution in [1.29, 1.82) is 0 Å². The number of ketones is 1. The van der Waals surface area contributed by atoms with Gasteiger partial charge in [-0.15, -0.1) is 0 Å². The van der Waals surface area contributed by atoms with Gasteiger partial charge in [-0.2, -0.15) is 0 Å². The fourth-order valence-electron chi connectivity index (χ4n) is 5.42. The van der Waals surface area contributed by atoms with Crippen molar-refractivity contribution >= 4 is 5.78 Å². The van der Waals surface area contributed by atoms with Crippen LogP contribution in [0, 0.1) is 22.7 Å². The van der Waals surface area contributed by atoms with Gasteiger partial charge in [0.05, 0.1) is 5.60 Å². The van der Waals surface area contributed by atoms with Crippen molar-refractivity contribution in [3.8, 4) is 0 Å². The van der Waals surface area contributed by atoms with Crippen LogP contribution in [0.25, 0.3) is 0 Å². The quantitative estimate of drug-likeness (QED) is 0.533. The Balaban J connectivity index is 1.60. The minimum absolute atomic E-state index is 0.183. The fraction of sp³-hybridized carbons (Fsp3) is 0.850. The molecule has 0 N–H and O–H groups in total. The Labute approximate surface area is 140 Å². The molecule has 3 nitrogen and oxygen atoms in total. The van der Waals surface area contributed by atoms with E-state index >= 15 is 0 Å². The molecule has 0 aliphatic heterocycles. The van der Waals surface area contributed by atoms with Crippen LogP contribution < -0.4 is 0 Å². The van der Waals surface area contributed by atoms with Gasteiger partial charge >= 0.3 is 0 Å². The zero-order valence-electron chi connectivity index (χ0n) is 15.2. The smallest absolute Gasteiger partial charge is 0.147 e. The number of hydrogen-bond donors (Lipinski definition) is 0. The Bertz CT molecular complexity index is 495. The summed E-state index contributed by atoms with van der Waals surface area (Å²) in [5.41, 5.74) is 0.499. The molecule has 0 radical (unpaired) electrons. The lowest BCUT2D eigenvalue weighted by Crippen LogP contribution is -2.38. The number of methoxy groups -OCH3 is 1. The molecule has 0 amide bonds. The second kappa shape index (κ2) is 6.00. The molecule has 1 spiro atoms. The van der Waals surface area contributed by atoms with Crippen LogP contribution in [-0.4, -0.2) is 25.3 Å².